The molecular weight excluding hydrogens is 88.1 g/mol. The molecular formula is H6CaO3. The average Bonchev–Trinajstić information content (AvgIpc) is 1.00. The van der Waals surface area contributed by atoms with Gasteiger partial charge < -0.3 is 5.48 Å². The van der Waals surface area contributed by atoms with Gasteiger partial charge in [-0.1, -0.05) is 0 Å². The molecule has 0 saturated heterocycles. The molecule has 0 aliphatic rings. The molecule has 0 heterocycles. The SMILES string of the molecule is O.OO.[CaH2]. The summed E-state index contributed by atoms with van der Waals surface area (Å²) in [4.78, 5) is 0. The van der Waals surface area contributed by atoms with Crippen LogP contribution in [0, 0.1) is 0 Å². The molecule has 0 atom stereocenters. The van der Waals surface area contributed by atoms with Crippen LogP contribution in [-0.2, 0) is 0 Å². The third kappa shape index (κ3) is 11.1. The van der Waals surface area contributed by atoms with Gasteiger partial charge in [0.25, 0.3) is 0 Å². The van der Waals surface area contributed by atoms with Gasteiger partial charge in [-0.2, -0.15) is 0 Å². The van der Waals surface area contributed by atoms with Gasteiger partial charge in [-0.25, -0.2) is 0 Å². The Bertz CT molecular complexity index is 3.25. The van der Waals surface area contributed by atoms with Crippen molar-refractivity contribution in [1.29, 1.82) is 0 Å². The summed E-state index contributed by atoms with van der Waals surface area (Å²) < 4.78 is 0. The van der Waals surface area contributed by atoms with Crippen molar-refractivity contribution in [2.75, 3.05) is 0 Å². The topological polar surface area (TPSA) is 72.0 Å². The maximum atomic E-state index is 6.00. The number of hydrogen-bond donors (Lipinski definition) is 2. The Labute approximate surface area is 53.5 Å². The molecule has 0 aliphatic heterocycles. The standard InChI is InChI=1S/Ca.H2O2.H2O.2H/c;1-2;;;/h;1-2H;1H2;;. The van der Waals surface area contributed by atoms with Crippen molar-refractivity contribution < 1.29 is 16.0 Å². The fraction of sp³-hybridized carbons (Fsp3) is 0. The molecule has 4 heteroatoms. The van der Waals surface area contributed by atoms with Gasteiger partial charge in [0.2, 0.25) is 0 Å². The van der Waals surface area contributed by atoms with E-state index in [0.717, 1.165) is 0 Å². The molecule has 0 rings (SSSR count). The first-order valence-corrected chi connectivity index (χ1v) is 0.200. The van der Waals surface area contributed by atoms with Crippen molar-refractivity contribution >= 4 is 37.7 Å². The van der Waals surface area contributed by atoms with Gasteiger partial charge in [-0.05, 0) is 0 Å². The molecule has 0 bridgehead atoms. The quantitative estimate of drug-likeness (QED) is 0.213. The fourth-order valence-corrected chi connectivity index (χ4v) is 0. The van der Waals surface area contributed by atoms with Crippen LogP contribution in [0.2, 0.25) is 0 Å². The number of rotatable bonds is 0. The van der Waals surface area contributed by atoms with Crippen LogP contribution < -0.4 is 0 Å². The first-order chi connectivity index (χ1) is 1.00. The van der Waals surface area contributed by atoms with Crippen LogP contribution in [0.1, 0.15) is 0 Å². The van der Waals surface area contributed by atoms with Crippen molar-refractivity contribution in [3.8, 4) is 0 Å². The second-order valence-corrected chi connectivity index (χ2v) is 0. The van der Waals surface area contributed by atoms with Gasteiger partial charge in [0.15, 0.2) is 0 Å². The summed E-state index contributed by atoms with van der Waals surface area (Å²) in [6, 6.07) is 0. The first-order valence-electron chi connectivity index (χ1n) is 0.200. The molecule has 0 radical (unpaired) electrons. The van der Waals surface area contributed by atoms with E-state index in [1.807, 2.05) is 0 Å². The molecule has 4 heavy (non-hydrogen) atoms. The molecule has 0 fully saturated rings. The van der Waals surface area contributed by atoms with Crippen LogP contribution in [0.4, 0.5) is 0 Å². The van der Waals surface area contributed by atoms with Crippen molar-refractivity contribution in [2.45, 2.75) is 0 Å². The summed E-state index contributed by atoms with van der Waals surface area (Å²) in [5.74, 6) is 0. The fourth-order valence-electron chi connectivity index (χ4n) is 0. The van der Waals surface area contributed by atoms with Crippen molar-refractivity contribution in [3.05, 3.63) is 0 Å². The van der Waals surface area contributed by atoms with Gasteiger partial charge in [0.05, 0.1) is 0 Å². The van der Waals surface area contributed by atoms with Crippen molar-refractivity contribution in [2.24, 2.45) is 0 Å². The summed E-state index contributed by atoms with van der Waals surface area (Å²) in [6.45, 7) is 0. The zero-order valence-corrected chi connectivity index (χ0v) is 1.39. The van der Waals surface area contributed by atoms with E-state index in [0.29, 0.717) is 0 Å². The van der Waals surface area contributed by atoms with E-state index in [1.54, 1.807) is 0 Å². The Balaban J connectivity index is -0.00000000500. The third-order valence-corrected chi connectivity index (χ3v) is 0. The van der Waals surface area contributed by atoms with Crippen LogP contribution in [-0.4, -0.2) is 53.7 Å². The molecule has 0 amide bonds. The Hall–Kier alpha value is 1.14. The van der Waals surface area contributed by atoms with Crippen molar-refractivity contribution in [1.82, 2.24) is 0 Å². The Morgan fingerprint density at radius 2 is 1.00 bits per heavy atom. The molecule has 0 aliphatic carbocycles. The van der Waals surface area contributed by atoms with E-state index in [4.69, 9.17) is 10.5 Å². The molecule has 0 saturated carbocycles. The normalized spacial score (nSPS) is 1.50. The van der Waals surface area contributed by atoms with Crippen LogP contribution in [0.5, 0.6) is 0 Å². The minimum atomic E-state index is 0. The van der Waals surface area contributed by atoms with E-state index >= 15 is 0 Å². The van der Waals surface area contributed by atoms with E-state index < -0.39 is 0 Å². The minimum absolute atomic E-state index is 0. The van der Waals surface area contributed by atoms with Crippen LogP contribution in [0.15, 0.2) is 0 Å². The van der Waals surface area contributed by atoms with Gasteiger partial charge in [-0.15, -0.1) is 0 Å². The molecule has 26 valence electrons. The molecule has 0 spiro atoms. The zero-order chi connectivity index (χ0) is 2.00. The Kier molecular flexibility index (Phi) is 151. The average molecular weight is 94.1 g/mol. The van der Waals surface area contributed by atoms with E-state index in [1.165, 1.54) is 0 Å². The predicted molar refractivity (Wildman–Crippen MR) is 17.4 cm³/mol. The summed E-state index contributed by atoms with van der Waals surface area (Å²) >= 11 is 0. The monoisotopic (exact) mass is 94.0 g/mol. The molecule has 0 unspecified atom stereocenters. The Morgan fingerprint density at radius 3 is 1.00 bits per heavy atom. The Morgan fingerprint density at radius 1 is 1.00 bits per heavy atom. The maximum absolute atomic E-state index is 6.00. The molecule has 3 nitrogen and oxygen atoms in total. The second kappa shape index (κ2) is 31.4. The molecule has 0 aromatic rings. The molecule has 4 N–H and O–H groups in total. The molecule has 0 aromatic carbocycles. The van der Waals surface area contributed by atoms with Gasteiger partial charge in [-0.3, -0.25) is 10.5 Å². The third-order valence-electron chi connectivity index (χ3n) is 0. The summed E-state index contributed by atoms with van der Waals surface area (Å²) in [5.41, 5.74) is 0. The van der Waals surface area contributed by atoms with Crippen LogP contribution >= 0.6 is 0 Å². The summed E-state index contributed by atoms with van der Waals surface area (Å²) in [7, 11) is 0. The first kappa shape index (κ1) is 19.2. The zero-order valence-electron chi connectivity index (χ0n) is 1.39. The summed E-state index contributed by atoms with van der Waals surface area (Å²) in [6.07, 6.45) is 0. The van der Waals surface area contributed by atoms with E-state index in [2.05, 4.69) is 0 Å². The van der Waals surface area contributed by atoms with E-state index in [9.17, 15) is 0 Å². The van der Waals surface area contributed by atoms with Crippen LogP contribution in [0.25, 0.3) is 0 Å². The van der Waals surface area contributed by atoms with Gasteiger partial charge in [0.1, 0.15) is 0 Å². The summed E-state index contributed by atoms with van der Waals surface area (Å²) in [5, 5.41) is 12.0. The number of hydrogen-bond acceptors (Lipinski definition) is 2. The molecule has 0 aromatic heterocycles. The predicted octanol–water partition coefficient (Wildman–Crippen LogP) is -1.72. The van der Waals surface area contributed by atoms with Gasteiger partial charge in [0, 0.05) is 0 Å². The van der Waals surface area contributed by atoms with E-state index in [-0.39, 0.29) is 43.2 Å². The van der Waals surface area contributed by atoms with Gasteiger partial charge >= 0.3 is 37.7 Å². The second-order valence-electron chi connectivity index (χ2n) is 0. The van der Waals surface area contributed by atoms with Crippen molar-refractivity contribution in [3.63, 3.8) is 0 Å². The van der Waals surface area contributed by atoms with Crippen LogP contribution in [0.3, 0.4) is 0 Å².